The Labute approximate surface area is 121 Å². The summed E-state index contributed by atoms with van der Waals surface area (Å²) in [7, 11) is 1.70. The zero-order valence-electron chi connectivity index (χ0n) is 12.7. The van der Waals surface area contributed by atoms with Gasteiger partial charge in [0.05, 0.1) is 7.11 Å². The highest BCUT2D eigenvalue weighted by Gasteiger charge is 2.12. The van der Waals surface area contributed by atoms with Gasteiger partial charge in [-0.25, -0.2) is 0 Å². The molecular formula is C18H23NO. The number of benzene rings is 2. The first kappa shape index (κ1) is 14.6. The molecule has 0 aliphatic rings. The molecule has 0 amide bonds. The Morgan fingerprint density at radius 3 is 2.25 bits per heavy atom. The summed E-state index contributed by atoms with van der Waals surface area (Å²) in [4.78, 5) is 0. The minimum atomic E-state index is -0.00991. The lowest BCUT2D eigenvalue weighted by Gasteiger charge is -2.17. The number of rotatable bonds is 4. The van der Waals surface area contributed by atoms with Crippen LogP contribution in [0.25, 0.3) is 0 Å². The summed E-state index contributed by atoms with van der Waals surface area (Å²) in [6.45, 7) is 6.33. The lowest BCUT2D eigenvalue weighted by Crippen LogP contribution is -2.15. The second kappa shape index (κ2) is 6.10. The van der Waals surface area contributed by atoms with Crippen LogP contribution in [0.3, 0.4) is 0 Å². The SMILES string of the molecule is COc1cc(C(N)Cc2c(C)cccc2C)ccc1C. The summed E-state index contributed by atoms with van der Waals surface area (Å²) in [6.07, 6.45) is 0.852. The van der Waals surface area contributed by atoms with E-state index in [4.69, 9.17) is 10.5 Å². The maximum Gasteiger partial charge on any atom is 0.122 e. The zero-order chi connectivity index (χ0) is 14.7. The number of aryl methyl sites for hydroxylation is 3. The maximum absolute atomic E-state index is 6.38. The minimum absolute atomic E-state index is 0.00991. The van der Waals surface area contributed by atoms with E-state index >= 15 is 0 Å². The maximum atomic E-state index is 6.38. The first-order valence-corrected chi connectivity index (χ1v) is 6.98. The summed E-state index contributed by atoms with van der Waals surface area (Å²) >= 11 is 0. The van der Waals surface area contributed by atoms with Crippen molar-refractivity contribution in [3.05, 3.63) is 64.2 Å². The monoisotopic (exact) mass is 269 g/mol. The molecule has 0 aromatic heterocycles. The van der Waals surface area contributed by atoms with E-state index < -0.39 is 0 Å². The van der Waals surface area contributed by atoms with Crippen LogP contribution in [0.15, 0.2) is 36.4 Å². The van der Waals surface area contributed by atoms with Crippen LogP contribution in [0.5, 0.6) is 5.75 Å². The predicted octanol–water partition coefficient (Wildman–Crippen LogP) is 3.86. The number of ether oxygens (including phenoxy) is 1. The van der Waals surface area contributed by atoms with Crippen molar-refractivity contribution in [2.24, 2.45) is 5.73 Å². The van der Waals surface area contributed by atoms with Crippen molar-refractivity contribution in [3.63, 3.8) is 0 Å². The second-order valence-electron chi connectivity index (χ2n) is 5.41. The molecule has 0 bridgehead atoms. The van der Waals surface area contributed by atoms with Crippen LogP contribution in [-0.4, -0.2) is 7.11 Å². The smallest absolute Gasteiger partial charge is 0.122 e. The summed E-state index contributed by atoms with van der Waals surface area (Å²) in [5, 5.41) is 0. The third-order valence-electron chi connectivity index (χ3n) is 3.93. The largest absolute Gasteiger partial charge is 0.496 e. The van der Waals surface area contributed by atoms with Crippen molar-refractivity contribution in [3.8, 4) is 5.75 Å². The van der Waals surface area contributed by atoms with Crippen LogP contribution in [0, 0.1) is 20.8 Å². The fourth-order valence-electron chi connectivity index (χ4n) is 2.58. The summed E-state index contributed by atoms with van der Waals surface area (Å²) in [6, 6.07) is 12.6. The Balaban J connectivity index is 2.26. The Morgan fingerprint density at radius 2 is 1.65 bits per heavy atom. The number of nitrogens with two attached hydrogens (primary N) is 1. The average molecular weight is 269 g/mol. The van der Waals surface area contributed by atoms with E-state index in [1.807, 2.05) is 13.0 Å². The molecule has 2 aromatic rings. The molecule has 0 fully saturated rings. The Kier molecular flexibility index (Phi) is 4.46. The van der Waals surface area contributed by atoms with Crippen molar-refractivity contribution in [2.45, 2.75) is 33.2 Å². The molecule has 2 rings (SSSR count). The van der Waals surface area contributed by atoms with Crippen LogP contribution < -0.4 is 10.5 Å². The van der Waals surface area contributed by atoms with E-state index in [9.17, 15) is 0 Å². The highest BCUT2D eigenvalue weighted by molar-refractivity contribution is 5.40. The molecule has 2 aromatic carbocycles. The molecule has 0 radical (unpaired) electrons. The van der Waals surface area contributed by atoms with Gasteiger partial charge in [-0.15, -0.1) is 0 Å². The van der Waals surface area contributed by atoms with Crippen molar-refractivity contribution >= 4 is 0 Å². The molecule has 0 aliphatic heterocycles. The van der Waals surface area contributed by atoms with Crippen molar-refractivity contribution in [1.82, 2.24) is 0 Å². The van der Waals surface area contributed by atoms with Crippen LogP contribution in [0.1, 0.15) is 33.9 Å². The van der Waals surface area contributed by atoms with E-state index in [0.29, 0.717) is 0 Å². The minimum Gasteiger partial charge on any atom is -0.496 e. The Bertz CT molecular complexity index is 584. The van der Waals surface area contributed by atoms with Gasteiger partial charge in [0, 0.05) is 6.04 Å². The molecule has 2 N–H and O–H groups in total. The predicted molar refractivity (Wildman–Crippen MR) is 84.3 cm³/mol. The van der Waals surface area contributed by atoms with E-state index in [0.717, 1.165) is 23.3 Å². The number of hydrogen-bond acceptors (Lipinski definition) is 2. The first-order chi connectivity index (χ1) is 9.52. The molecule has 0 aliphatic carbocycles. The normalized spacial score (nSPS) is 12.2. The quantitative estimate of drug-likeness (QED) is 0.914. The van der Waals surface area contributed by atoms with E-state index in [1.54, 1.807) is 7.11 Å². The van der Waals surface area contributed by atoms with Gasteiger partial charge >= 0.3 is 0 Å². The topological polar surface area (TPSA) is 35.2 Å². The first-order valence-electron chi connectivity index (χ1n) is 6.98. The van der Waals surface area contributed by atoms with Crippen molar-refractivity contribution in [1.29, 1.82) is 0 Å². The Hall–Kier alpha value is -1.80. The highest BCUT2D eigenvalue weighted by Crippen LogP contribution is 2.26. The standard InChI is InChI=1S/C18H23NO/c1-12-6-5-7-13(2)16(12)11-17(19)15-9-8-14(3)18(10-15)20-4/h5-10,17H,11,19H2,1-4H3. The molecule has 20 heavy (non-hydrogen) atoms. The van der Waals surface area contributed by atoms with E-state index in [1.165, 1.54) is 16.7 Å². The molecule has 0 saturated carbocycles. The number of hydrogen-bond donors (Lipinski definition) is 1. The van der Waals surface area contributed by atoms with Gasteiger partial charge in [-0.2, -0.15) is 0 Å². The summed E-state index contributed by atoms with van der Waals surface area (Å²) in [5.74, 6) is 0.902. The van der Waals surface area contributed by atoms with Gasteiger partial charge in [0.2, 0.25) is 0 Å². The molecule has 2 nitrogen and oxygen atoms in total. The molecule has 0 heterocycles. The average Bonchev–Trinajstić information content (AvgIpc) is 2.43. The van der Waals surface area contributed by atoms with Crippen LogP contribution in [0.2, 0.25) is 0 Å². The van der Waals surface area contributed by atoms with Gasteiger partial charge in [-0.05, 0) is 61.1 Å². The summed E-state index contributed by atoms with van der Waals surface area (Å²) in [5.41, 5.74) is 12.6. The van der Waals surface area contributed by atoms with Gasteiger partial charge in [-0.1, -0.05) is 30.3 Å². The van der Waals surface area contributed by atoms with Crippen LogP contribution >= 0.6 is 0 Å². The third-order valence-corrected chi connectivity index (χ3v) is 3.93. The van der Waals surface area contributed by atoms with Gasteiger partial charge in [0.15, 0.2) is 0 Å². The lowest BCUT2D eigenvalue weighted by molar-refractivity contribution is 0.410. The van der Waals surface area contributed by atoms with Gasteiger partial charge in [0.25, 0.3) is 0 Å². The van der Waals surface area contributed by atoms with Crippen LogP contribution in [0.4, 0.5) is 0 Å². The highest BCUT2D eigenvalue weighted by atomic mass is 16.5. The molecule has 0 saturated heterocycles. The Morgan fingerprint density at radius 1 is 1.00 bits per heavy atom. The third kappa shape index (κ3) is 3.02. The lowest BCUT2D eigenvalue weighted by atomic mass is 9.93. The molecule has 0 spiro atoms. The zero-order valence-corrected chi connectivity index (χ0v) is 12.7. The molecule has 106 valence electrons. The van der Waals surface area contributed by atoms with Crippen LogP contribution in [-0.2, 0) is 6.42 Å². The van der Waals surface area contributed by atoms with Gasteiger partial charge in [-0.3, -0.25) is 0 Å². The molecular weight excluding hydrogens is 246 g/mol. The van der Waals surface area contributed by atoms with Crippen molar-refractivity contribution < 1.29 is 4.74 Å². The second-order valence-corrected chi connectivity index (χ2v) is 5.41. The molecule has 2 heteroatoms. The summed E-state index contributed by atoms with van der Waals surface area (Å²) < 4.78 is 5.38. The van der Waals surface area contributed by atoms with E-state index in [2.05, 4.69) is 44.2 Å². The van der Waals surface area contributed by atoms with Gasteiger partial charge < -0.3 is 10.5 Å². The van der Waals surface area contributed by atoms with E-state index in [-0.39, 0.29) is 6.04 Å². The number of methoxy groups -OCH3 is 1. The molecule has 1 atom stereocenters. The van der Waals surface area contributed by atoms with Gasteiger partial charge in [0.1, 0.15) is 5.75 Å². The fraction of sp³-hybridized carbons (Fsp3) is 0.333. The molecule has 1 unspecified atom stereocenters. The van der Waals surface area contributed by atoms with Crippen molar-refractivity contribution in [2.75, 3.05) is 7.11 Å². The fourth-order valence-corrected chi connectivity index (χ4v) is 2.58.